The summed E-state index contributed by atoms with van der Waals surface area (Å²) in [5, 5.41) is 8.57. The van der Waals surface area contributed by atoms with Crippen LogP contribution in [0.25, 0.3) is 0 Å². The molecule has 2 N–H and O–H groups in total. The van der Waals surface area contributed by atoms with Crippen LogP contribution in [0.4, 0.5) is 5.69 Å². The highest BCUT2D eigenvalue weighted by molar-refractivity contribution is 7.99. The number of benzene rings is 2. The maximum Gasteiger partial charge on any atom is 0.170 e. The van der Waals surface area contributed by atoms with Crippen LogP contribution in [-0.2, 0) is 0 Å². The Balaban J connectivity index is 1.34. The first-order valence-corrected chi connectivity index (χ1v) is 12.6. The Morgan fingerprint density at radius 2 is 1.71 bits per heavy atom. The second kappa shape index (κ2) is 10.8. The molecule has 0 bridgehead atoms. The minimum absolute atomic E-state index is 0.0655. The number of anilines is 1. The molecule has 5 rings (SSSR count). The van der Waals surface area contributed by atoms with E-state index in [0.29, 0.717) is 0 Å². The molecule has 5 nitrogen and oxygen atoms in total. The number of pyridine rings is 1. The molecule has 0 radical (unpaired) electrons. The molecule has 1 fully saturated rings. The molecule has 0 spiro atoms. The van der Waals surface area contributed by atoms with Crippen molar-refractivity contribution >= 4 is 34.8 Å². The van der Waals surface area contributed by atoms with Gasteiger partial charge in [-0.15, -0.1) is 0 Å². The number of rotatable bonds is 9. The van der Waals surface area contributed by atoms with E-state index in [2.05, 4.69) is 50.8 Å². The Morgan fingerprint density at radius 1 is 0.941 bits per heavy atom. The molecule has 0 saturated carbocycles. The lowest BCUT2D eigenvalue weighted by atomic mass is 10.0. The van der Waals surface area contributed by atoms with E-state index in [1.807, 2.05) is 66.9 Å². The Hall–Kier alpha value is -3.29. The van der Waals surface area contributed by atoms with Crippen molar-refractivity contribution in [3.8, 4) is 0 Å². The summed E-state index contributed by atoms with van der Waals surface area (Å²) in [5.41, 5.74) is 2.08. The van der Waals surface area contributed by atoms with Crippen molar-refractivity contribution in [1.29, 1.82) is 0 Å². The van der Waals surface area contributed by atoms with Crippen LogP contribution in [0.2, 0.25) is 0 Å². The fraction of sp³-hybridized carbons (Fsp3) is 0.185. The van der Waals surface area contributed by atoms with Gasteiger partial charge in [0, 0.05) is 29.9 Å². The summed E-state index contributed by atoms with van der Waals surface area (Å²) in [6.07, 6.45) is 2.76. The van der Waals surface area contributed by atoms with Gasteiger partial charge in [0.05, 0.1) is 11.7 Å². The van der Waals surface area contributed by atoms with Crippen molar-refractivity contribution < 1.29 is 4.42 Å². The Morgan fingerprint density at radius 3 is 2.47 bits per heavy atom. The number of nitrogens with zero attached hydrogens (tertiary/aromatic N) is 2. The van der Waals surface area contributed by atoms with Crippen LogP contribution in [-0.4, -0.2) is 28.1 Å². The topological polar surface area (TPSA) is 53.3 Å². The normalized spacial score (nSPS) is 17.5. The van der Waals surface area contributed by atoms with E-state index in [1.54, 1.807) is 11.8 Å². The highest BCUT2D eigenvalue weighted by Gasteiger charge is 2.41. The molecule has 1 aliphatic heterocycles. The van der Waals surface area contributed by atoms with Crippen LogP contribution < -0.4 is 10.6 Å². The number of para-hydroxylation sites is 1. The summed E-state index contributed by atoms with van der Waals surface area (Å²) in [4.78, 5) is 7.99. The summed E-state index contributed by atoms with van der Waals surface area (Å²) in [7, 11) is 0. The molecule has 34 heavy (non-hydrogen) atoms. The average molecular weight is 487 g/mol. The second-order valence-corrected chi connectivity index (χ2v) is 9.50. The molecule has 172 valence electrons. The van der Waals surface area contributed by atoms with E-state index in [4.69, 9.17) is 16.6 Å². The van der Waals surface area contributed by atoms with E-state index in [0.717, 1.165) is 51.8 Å². The minimum atomic E-state index is -0.0727. The molecule has 2 aromatic heterocycles. The van der Waals surface area contributed by atoms with Crippen LogP contribution >= 0.6 is 24.0 Å². The fourth-order valence-corrected chi connectivity index (χ4v) is 5.28. The maximum atomic E-state index is 6.36. The molecule has 4 aromatic rings. The highest BCUT2D eigenvalue weighted by Crippen LogP contribution is 2.41. The van der Waals surface area contributed by atoms with E-state index in [-0.39, 0.29) is 12.1 Å². The molecule has 0 aliphatic carbocycles. The lowest BCUT2D eigenvalue weighted by Gasteiger charge is -2.26. The number of thiocarbonyl (C=S) groups is 1. The predicted octanol–water partition coefficient (Wildman–Crippen LogP) is 6.30. The largest absolute Gasteiger partial charge is 0.452 e. The van der Waals surface area contributed by atoms with E-state index in [1.165, 1.54) is 0 Å². The number of aromatic nitrogens is 1. The SMILES string of the molecule is S=C1NC(c2ccccn2)C(c2ccc(Sc3ccccc3)o2)N1CCCNc1ccccc1. The van der Waals surface area contributed by atoms with Crippen LogP contribution in [0.5, 0.6) is 0 Å². The van der Waals surface area contributed by atoms with Gasteiger partial charge >= 0.3 is 0 Å². The van der Waals surface area contributed by atoms with Gasteiger partial charge in [0.15, 0.2) is 10.2 Å². The molecule has 2 aromatic carbocycles. The smallest absolute Gasteiger partial charge is 0.170 e. The van der Waals surface area contributed by atoms with Crippen molar-refractivity contribution in [2.75, 3.05) is 18.4 Å². The van der Waals surface area contributed by atoms with Gasteiger partial charge in [0.1, 0.15) is 11.8 Å². The van der Waals surface area contributed by atoms with Gasteiger partial charge in [-0.3, -0.25) is 4.98 Å². The van der Waals surface area contributed by atoms with Gasteiger partial charge in [-0.25, -0.2) is 0 Å². The molecular weight excluding hydrogens is 460 g/mol. The first-order valence-electron chi connectivity index (χ1n) is 11.4. The van der Waals surface area contributed by atoms with Gasteiger partial charge in [-0.2, -0.15) is 0 Å². The number of hydrogen-bond donors (Lipinski definition) is 2. The molecule has 2 atom stereocenters. The van der Waals surface area contributed by atoms with Crippen molar-refractivity contribution in [1.82, 2.24) is 15.2 Å². The molecular formula is C27H26N4OS2. The zero-order chi connectivity index (χ0) is 23.2. The predicted molar refractivity (Wildman–Crippen MR) is 141 cm³/mol. The maximum absolute atomic E-state index is 6.36. The van der Waals surface area contributed by atoms with Crippen molar-refractivity contribution in [3.05, 3.63) is 109 Å². The average Bonchev–Trinajstić information content (AvgIpc) is 3.47. The Bertz CT molecular complexity index is 1200. The molecule has 1 aliphatic rings. The molecule has 7 heteroatoms. The van der Waals surface area contributed by atoms with E-state index in [9.17, 15) is 0 Å². The summed E-state index contributed by atoms with van der Waals surface area (Å²) in [5.74, 6) is 0.887. The van der Waals surface area contributed by atoms with Crippen LogP contribution in [0.15, 0.2) is 112 Å². The van der Waals surface area contributed by atoms with Gasteiger partial charge < -0.3 is 20.0 Å². The first kappa shape index (κ1) is 22.5. The number of furan rings is 1. The van der Waals surface area contributed by atoms with E-state index >= 15 is 0 Å². The standard InChI is InChI=1S/C27H26N4OS2/c33-27-30-25(22-14-7-8-17-29-22)26(31(27)19-9-18-28-20-10-3-1-4-11-20)23-15-16-24(32-23)34-21-12-5-2-6-13-21/h1-8,10-17,25-26,28H,9,18-19H2,(H,30,33). The zero-order valence-electron chi connectivity index (χ0n) is 18.6. The number of nitrogens with one attached hydrogen (secondary N) is 2. The van der Waals surface area contributed by atoms with Gasteiger partial charge in [0.2, 0.25) is 0 Å². The van der Waals surface area contributed by atoms with E-state index < -0.39 is 0 Å². The summed E-state index contributed by atoms with van der Waals surface area (Å²) >= 11 is 7.39. The summed E-state index contributed by atoms with van der Waals surface area (Å²) in [6.45, 7) is 1.67. The summed E-state index contributed by atoms with van der Waals surface area (Å²) in [6, 6.07) is 30.5. The minimum Gasteiger partial charge on any atom is -0.452 e. The quantitative estimate of drug-likeness (QED) is 0.213. The van der Waals surface area contributed by atoms with Gasteiger partial charge in [0.25, 0.3) is 0 Å². The van der Waals surface area contributed by atoms with Gasteiger partial charge in [-0.05, 0) is 67.2 Å². The lowest BCUT2D eigenvalue weighted by Crippen LogP contribution is -2.31. The van der Waals surface area contributed by atoms with Crippen molar-refractivity contribution in [2.45, 2.75) is 28.5 Å². The molecule has 1 saturated heterocycles. The van der Waals surface area contributed by atoms with Crippen LogP contribution in [0, 0.1) is 0 Å². The van der Waals surface area contributed by atoms with Crippen molar-refractivity contribution in [2.24, 2.45) is 0 Å². The molecule has 3 heterocycles. The third-order valence-corrected chi connectivity index (χ3v) is 7.01. The van der Waals surface area contributed by atoms with Crippen molar-refractivity contribution in [3.63, 3.8) is 0 Å². The molecule has 0 amide bonds. The second-order valence-electron chi connectivity index (χ2n) is 8.04. The summed E-state index contributed by atoms with van der Waals surface area (Å²) < 4.78 is 6.36. The van der Waals surface area contributed by atoms with Crippen LogP contribution in [0.1, 0.15) is 30.0 Å². The highest BCUT2D eigenvalue weighted by atomic mass is 32.2. The Labute approximate surface area is 209 Å². The third-order valence-electron chi connectivity index (χ3n) is 5.73. The third kappa shape index (κ3) is 5.26. The first-order chi connectivity index (χ1) is 16.8. The lowest BCUT2D eigenvalue weighted by molar-refractivity contribution is 0.259. The number of hydrogen-bond acceptors (Lipinski definition) is 5. The monoisotopic (exact) mass is 486 g/mol. The zero-order valence-corrected chi connectivity index (χ0v) is 20.3. The fourth-order valence-electron chi connectivity index (χ4n) is 4.15. The Kier molecular flexibility index (Phi) is 7.12. The van der Waals surface area contributed by atoms with Gasteiger partial charge in [-0.1, -0.05) is 54.2 Å². The van der Waals surface area contributed by atoms with Crippen LogP contribution in [0.3, 0.4) is 0 Å². The molecule has 2 unspecified atom stereocenters.